The smallest absolute Gasteiger partial charge is 0.339 e. The first-order valence-electron chi connectivity index (χ1n) is 7.23. The molecule has 2 nitrogen and oxygen atoms in total. The van der Waals surface area contributed by atoms with Crippen LogP contribution >= 0.6 is 11.8 Å². The SMILES string of the molecule is F.FC(F)(F)Sc1ccc(C2=Nc3cccc4cccc(c34)N2)cc1. The van der Waals surface area contributed by atoms with Crippen LogP contribution in [-0.2, 0) is 0 Å². The number of nitrogens with zero attached hydrogens (tertiary/aromatic N) is 1. The minimum Gasteiger partial charge on any atom is -0.339 e. The van der Waals surface area contributed by atoms with Gasteiger partial charge in [-0.1, -0.05) is 36.4 Å². The van der Waals surface area contributed by atoms with Crippen LogP contribution in [0.2, 0.25) is 0 Å². The zero-order chi connectivity index (χ0) is 16.7. The molecule has 0 amide bonds. The van der Waals surface area contributed by atoms with E-state index in [0.717, 1.165) is 27.7 Å². The predicted octanol–water partition coefficient (Wildman–Crippen LogP) is 6.11. The molecule has 0 atom stereocenters. The van der Waals surface area contributed by atoms with Crippen LogP contribution in [0.25, 0.3) is 10.8 Å². The first-order valence-corrected chi connectivity index (χ1v) is 8.05. The number of benzene rings is 3. The normalized spacial score (nSPS) is 13.0. The van der Waals surface area contributed by atoms with Crippen molar-refractivity contribution in [1.29, 1.82) is 0 Å². The lowest BCUT2D eigenvalue weighted by atomic mass is 10.0. The zero-order valence-corrected chi connectivity index (χ0v) is 13.5. The highest BCUT2D eigenvalue weighted by Gasteiger charge is 2.29. The molecule has 0 fully saturated rings. The Labute approximate surface area is 145 Å². The van der Waals surface area contributed by atoms with Crippen molar-refractivity contribution < 1.29 is 17.9 Å². The van der Waals surface area contributed by atoms with Crippen LogP contribution in [0.1, 0.15) is 5.56 Å². The molecule has 1 N–H and O–H groups in total. The van der Waals surface area contributed by atoms with Gasteiger partial charge in [0.1, 0.15) is 5.84 Å². The molecule has 0 bridgehead atoms. The van der Waals surface area contributed by atoms with Gasteiger partial charge < -0.3 is 5.32 Å². The van der Waals surface area contributed by atoms with Gasteiger partial charge in [-0.2, -0.15) is 13.2 Å². The Morgan fingerprint density at radius 3 is 2.24 bits per heavy atom. The second-order valence-electron chi connectivity index (χ2n) is 5.34. The number of thioether (sulfide) groups is 1. The molecule has 128 valence electrons. The van der Waals surface area contributed by atoms with Crippen molar-refractivity contribution in [2.24, 2.45) is 4.99 Å². The van der Waals surface area contributed by atoms with Crippen molar-refractivity contribution in [2.75, 3.05) is 5.32 Å². The molecule has 1 aliphatic rings. The van der Waals surface area contributed by atoms with Gasteiger partial charge >= 0.3 is 5.51 Å². The first kappa shape index (κ1) is 17.3. The van der Waals surface area contributed by atoms with Crippen molar-refractivity contribution in [3.8, 4) is 0 Å². The number of alkyl halides is 3. The molecule has 0 saturated heterocycles. The van der Waals surface area contributed by atoms with Gasteiger partial charge in [-0.3, -0.25) is 4.70 Å². The summed E-state index contributed by atoms with van der Waals surface area (Å²) in [7, 11) is 0. The van der Waals surface area contributed by atoms with E-state index in [1.807, 2.05) is 36.4 Å². The van der Waals surface area contributed by atoms with Gasteiger partial charge in [0.25, 0.3) is 0 Å². The molecule has 0 unspecified atom stereocenters. The van der Waals surface area contributed by atoms with Gasteiger partial charge in [0.2, 0.25) is 0 Å². The minimum absolute atomic E-state index is 0. The van der Waals surface area contributed by atoms with E-state index >= 15 is 0 Å². The van der Waals surface area contributed by atoms with E-state index in [0.29, 0.717) is 5.84 Å². The monoisotopic (exact) mass is 364 g/mol. The summed E-state index contributed by atoms with van der Waals surface area (Å²) >= 11 is -0.120. The fourth-order valence-corrected chi connectivity index (χ4v) is 3.29. The highest BCUT2D eigenvalue weighted by Crippen LogP contribution is 2.38. The molecule has 0 spiro atoms. The second-order valence-corrected chi connectivity index (χ2v) is 6.48. The second kappa shape index (κ2) is 6.40. The number of nitrogens with one attached hydrogen (secondary N) is 1. The van der Waals surface area contributed by atoms with Gasteiger partial charge in [-0.05, 0) is 41.4 Å². The third-order valence-corrected chi connectivity index (χ3v) is 4.47. The minimum atomic E-state index is -4.28. The third kappa shape index (κ3) is 3.46. The maximum Gasteiger partial charge on any atom is 0.446 e. The predicted molar refractivity (Wildman–Crippen MR) is 94.6 cm³/mol. The number of hydrogen-bond acceptors (Lipinski definition) is 3. The highest BCUT2D eigenvalue weighted by atomic mass is 32.2. The van der Waals surface area contributed by atoms with E-state index < -0.39 is 5.51 Å². The van der Waals surface area contributed by atoms with Crippen molar-refractivity contribution in [3.63, 3.8) is 0 Å². The molecule has 3 aromatic carbocycles. The molecule has 0 aromatic heterocycles. The average Bonchev–Trinajstić information content (AvgIpc) is 2.54. The number of halogens is 4. The summed E-state index contributed by atoms with van der Waals surface area (Å²) in [5.74, 6) is 0.629. The lowest BCUT2D eigenvalue weighted by Crippen LogP contribution is -2.16. The molecule has 7 heteroatoms. The molecule has 0 saturated carbocycles. The number of amidine groups is 1. The summed E-state index contributed by atoms with van der Waals surface area (Å²) in [4.78, 5) is 4.77. The molecule has 1 heterocycles. The van der Waals surface area contributed by atoms with E-state index in [1.165, 1.54) is 12.1 Å². The molecule has 0 aliphatic carbocycles. The molecule has 0 radical (unpaired) electrons. The van der Waals surface area contributed by atoms with E-state index in [9.17, 15) is 13.2 Å². The van der Waals surface area contributed by atoms with Crippen LogP contribution in [0.3, 0.4) is 0 Å². The van der Waals surface area contributed by atoms with Gasteiger partial charge in [0.05, 0.1) is 5.69 Å². The molecular weight excluding hydrogens is 352 g/mol. The Bertz CT molecular complexity index is 944. The maximum absolute atomic E-state index is 12.4. The van der Waals surface area contributed by atoms with Crippen LogP contribution in [0.15, 0.2) is 70.6 Å². The lowest BCUT2D eigenvalue weighted by Gasteiger charge is -2.19. The number of rotatable bonds is 2. The Morgan fingerprint density at radius 2 is 1.56 bits per heavy atom. The Morgan fingerprint density at radius 1 is 0.880 bits per heavy atom. The Balaban J connectivity index is 0.00000182. The average molecular weight is 364 g/mol. The molecule has 25 heavy (non-hydrogen) atoms. The summed E-state index contributed by atoms with van der Waals surface area (Å²) in [5.41, 5.74) is -1.74. The Hall–Kier alpha value is -2.54. The number of hydrogen-bond donors (Lipinski definition) is 1. The van der Waals surface area contributed by atoms with E-state index in [4.69, 9.17) is 0 Å². The largest absolute Gasteiger partial charge is 0.446 e. The van der Waals surface area contributed by atoms with E-state index in [2.05, 4.69) is 10.3 Å². The number of anilines is 1. The van der Waals surface area contributed by atoms with Gasteiger partial charge in [0, 0.05) is 21.5 Å². The van der Waals surface area contributed by atoms with Crippen LogP contribution in [0.5, 0.6) is 0 Å². The highest BCUT2D eigenvalue weighted by molar-refractivity contribution is 8.00. The number of aliphatic imine (C=N–C) groups is 1. The van der Waals surface area contributed by atoms with Crippen LogP contribution in [0.4, 0.5) is 29.3 Å². The van der Waals surface area contributed by atoms with Crippen LogP contribution in [-0.4, -0.2) is 11.3 Å². The summed E-state index contributed by atoms with van der Waals surface area (Å²) < 4.78 is 37.2. The van der Waals surface area contributed by atoms with Crippen molar-refractivity contribution in [3.05, 3.63) is 66.2 Å². The molecule has 4 rings (SSSR count). The fourth-order valence-electron chi connectivity index (χ4n) is 2.75. The lowest BCUT2D eigenvalue weighted by molar-refractivity contribution is -0.0328. The molecule has 1 aliphatic heterocycles. The topological polar surface area (TPSA) is 24.4 Å². The standard InChI is InChI=1S/C18H11F3N2S.FH/c19-18(20,21)24-13-9-7-12(8-10-13)17-22-14-5-1-3-11-4-2-6-15(23-17)16(11)14;/h1-10H,(H,22,23);1H. The fraction of sp³-hybridized carbons (Fsp3) is 0.0556. The molecule has 3 aromatic rings. The van der Waals surface area contributed by atoms with Crippen LogP contribution < -0.4 is 5.32 Å². The van der Waals surface area contributed by atoms with Crippen molar-refractivity contribution >= 4 is 39.7 Å². The van der Waals surface area contributed by atoms with E-state index in [-0.39, 0.29) is 21.4 Å². The third-order valence-electron chi connectivity index (χ3n) is 3.73. The zero-order valence-electron chi connectivity index (χ0n) is 12.7. The quantitative estimate of drug-likeness (QED) is 0.438. The van der Waals surface area contributed by atoms with Crippen LogP contribution in [0, 0.1) is 0 Å². The summed E-state index contributed by atoms with van der Waals surface area (Å²) in [5, 5.41) is 5.41. The van der Waals surface area contributed by atoms with Gasteiger partial charge in [0.15, 0.2) is 0 Å². The Kier molecular flexibility index (Phi) is 4.43. The molecular formula is C18H12F4N2S. The first-order chi connectivity index (χ1) is 11.5. The maximum atomic E-state index is 12.4. The van der Waals surface area contributed by atoms with Crippen molar-refractivity contribution in [1.82, 2.24) is 0 Å². The van der Waals surface area contributed by atoms with Gasteiger partial charge in [-0.15, -0.1) is 0 Å². The van der Waals surface area contributed by atoms with Crippen molar-refractivity contribution in [2.45, 2.75) is 10.4 Å². The van der Waals surface area contributed by atoms with E-state index in [1.54, 1.807) is 12.1 Å². The summed E-state index contributed by atoms with van der Waals surface area (Å²) in [6, 6.07) is 18.0. The summed E-state index contributed by atoms with van der Waals surface area (Å²) in [6.07, 6.45) is 0. The summed E-state index contributed by atoms with van der Waals surface area (Å²) in [6.45, 7) is 0. The van der Waals surface area contributed by atoms with Gasteiger partial charge in [-0.25, -0.2) is 4.99 Å².